The Morgan fingerprint density at radius 1 is 1.32 bits per heavy atom. The van der Waals surface area contributed by atoms with Gasteiger partial charge in [0.05, 0.1) is 22.8 Å². The lowest BCUT2D eigenvalue weighted by Gasteiger charge is -2.07. The van der Waals surface area contributed by atoms with Crippen LogP contribution in [0.25, 0.3) is 6.08 Å². The molecule has 2 N–H and O–H groups in total. The van der Waals surface area contributed by atoms with Crippen LogP contribution in [0.5, 0.6) is 0 Å². The summed E-state index contributed by atoms with van der Waals surface area (Å²) in [7, 11) is 0. The lowest BCUT2D eigenvalue weighted by molar-refractivity contribution is -0.138. The molecule has 0 spiro atoms. The van der Waals surface area contributed by atoms with Crippen molar-refractivity contribution in [3.05, 3.63) is 70.1 Å². The van der Waals surface area contributed by atoms with E-state index in [-0.39, 0.29) is 28.7 Å². The number of aliphatic imine (C=N–C) groups is 1. The van der Waals surface area contributed by atoms with Gasteiger partial charge in [0.15, 0.2) is 0 Å². The Morgan fingerprint density at radius 2 is 2.11 bits per heavy atom. The van der Waals surface area contributed by atoms with Crippen LogP contribution >= 0.6 is 11.8 Å². The van der Waals surface area contributed by atoms with Gasteiger partial charge in [0.1, 0.15) is 16.4 Å². The van der Waals surface area contributed by atoms with E-state index in [1.54, 1.807) is 31.3 Å². The number of H-pyrrole nitrogens is 1. The number of alkyl halides is 3. The first-order valence-electron chi connectivity index (χ1n) is 8.19. The van der Waals surface area contributed by atoms with Crippen molar-refractivity contribution in [1.29, 1.82) is 0 Å². The molecule has 1 aromatic carbocycles. The number of hydrogen-bond donors (Lipinski definition) is 2. The van der Waals surface area contributed by atoms with Gasteiger partial charge in [0.2, 0.25) is 0 Å². The maximum Gasteiger partial charge on any atom is 0.416 e. The summed E-state index contributed by atoms with van der Waals surface area (Å²) in [6.45, 7) is 1.68. The van der Waals surface area contributed by atoms with Crippen molar-refractivity contribution < 1.29 is 27.8 Å². The number of aliphatic hydroxyl groups is 1. The van der Waals surface area contributed by atoms with Crippen molar-refractivity contribution in [2.24, 2.45) is 4.99 Å². The van der Waals surface area contributed by atoms with Gasteiger partial charge in [-0.05, 0) is 43.3 Å². The Balaban J connectivity index is 2.04. The molecule has 0 saturated heterocycles. The summed E-state index contributed by atoms with van der Waals surface area (Å²) in [4.78, 5) is 19.7. The van der Waals surface area contributed by atoms with E-state index in [9.17, 15) is 23.1 Å². The van der Waals surface area contributed by atoms with Gasteiger partial charge in [0, 0.05) is 11.9 Å². The van der Waals surface area contributed by atoms with E-state index < -0.39 is 17.7 Å². The van der Waals surface area contributed by atoms with Crippen LogP contribution in [0.2, 0.25) is 0 Å². The number of aromatic amines is 1. The number of rotatable bonds is 4. The third-order valence-corrected chi connectivity index (χ3v) is 4.70. The third-order valence-electron chi connectivity index (χ3n) is 3.68. The van der Waals surface area contributed by atoms with Crippen LogP contribution < -0.4 is 0 Å². The number of hydrogen-bond acceptors (Lipinski definition) is 5. The molecular formula is C19H15F3N2O3S. The smallest absolute Gasteiger partial charge is 0.416 e. The molecule has 2 heterocycles. The highest BCUT2D eigenvalue weighted by atomic mass is 32.2. The monoisotopic (exact) mass is 408 g/mol. The Morgan fingerprint density at radius 3 is 2.75 bits per heavy atom. The number of esters is 1. The number of halogens is 3. The fourth-order valence-corrected chi connectivity index (χ4v) is 3.46. The fourth-order valence-electron chi connectivity index (χ4n) is 2.44. The largest absolute Gasteiger partial charge is 0.506 e. The fraction of sp³-hybridized carbons (Fsp3) is 0.158. The van der Waals surface area contributed by atoms with Gasteiger partial charge in [0.25, 0.3) is 0 Å². The summed E-state index contributed by atoms with van der Waals surface area (Å²) >= 11 is 0.972. The van der Waals surface area contributed by atoms with Gasteiger partial charge in [-0.3, -0.25) is 0 Å². The van der Waals surface area contributed by atoms with Crippen molar-refractivity contribution in [3.63, 3.8) is 0 Å². The first-order chi connectivity index (χ1) is 13.3. The van der Waals surface area contributed by atoms with Gasteiger partial charge in [-0.15, -0.1) is 0 Å². The number of carbonyl (C=O) groups excluding carboxylic acids is 1. The van der Waals surface area contributed by atoms with Crippen molar-refractivity contribution in [1.82, 2.24) is 4.98 Å². The summed E-state index contributed by atoms with van der Waals surface area (Å²) in [5.41, 5.74) is -0.349. The predicted molar refractivity (Wildman–Crippen MR) is 101 cm³/mol. The van der Waals surface area contributed by atoms with Crippen LogP contribution in [-0.2, 0) is 15.7 Å². The SMILES string of the molecule is CCOC(=O)C1=C(O)/C(=C/c2ccc[nH]2)SC1=Nc1cccc(C(F)(F)F)c1. The highest BCUT2D eigenvalue weighted by molar-refractivity contribution is 8.18. The zero-order valence-corrected chi connectivity index (χ0v) is 15.4. The molecule has 0 radical (unpaired) electrons. The van der Waals surface area contributed by atoms with Crippen LogP contribution in [0.15, 0.2) is 63.8 Å². The van der Waals surface area contributed by atoms with E-state index in [1.807, 2.05) is 0 Å². The molecule has 1 aliphatic rings. The zero-order valence-electron chi connectivity index (χ0n) is 14.6. The maximum absolute atomic E-state index is 12.9. The maximum atomic E-state index is 12.9. The minimum atomic E-state index is -4.51. The molecule has 0 atom stereocenters. The van der Waals surface area contributed by atoms with Crippen LogP contribution in [0.1, 0.15) is 18.2 Å². The Labute approximate surface area is 162 Å². The number of nitrogens with zero attached hydrogens (tertiary/aromatic N) is 1. The summed E-state index contributed by atoms with van der Waals surface area (Å²) in [6, 6.07) is 7.94. The second kappa shape index (κ2) is 7.97. The van der Waals surface area contributed by atoms with Gasteiger partial charge in [-0.2, -0.15) is 13.2 Å². The minimum Gasteiger partial charge on any atom is -0.506 e. The highest BCUT2D eigenvalue weighted by Gasteiger charge is 2.34. The molecule has 0 amide bonds. The van der Waals surface area contributed by atoms with Crippen LogP contribution in [-0.4, -0.2) is 27.7 Å². The van der Waals surface area contributed by atoms with Crippen molar-refractivity contribution in [2.45, 2.75) is 13.1 Å². The summed E-state index contributed by atoms with van der Waals surface area (Å²) in [6.07, 6.45) is -1.22. The predicted octanol–water partition coefficient (Wildman–Crippen LogP) is 5.23. The average molecular weight is 408 g/mol. The number of benzene rings is 1. The lowest BCUT2D eigenvalue weighted by Crippen LogP contribution is -2.13. The molecular weight excluding hydrogens is 393 g/mol. The van der Waals surface area contributed by atoms with E-state index in [1.165, 1.54) is 12.1 Å². The van der Waals surface area contributed by atoms with E-state index >= 15 is 0 Å². The van der Waals surface area contributed by atoms with Crippen molar-refractivity contribution in [2.75, 3.05) is 6.61 Å². The number of aliphatic hydroxyl groups excluding tert-OH is 1. The zero-order chi connectivity index (χ0) is 20.3. The number of nitrogens with one attached hydrogen (secondary N) is 1. The van der Waals surface area contributed by atoms with E-state index in [0.29, 0.717) is 10.6 Å². The number of ether oxygens (including phenoxy) is 1. The molecule has 146 valence electrons. The molecule has 28 heavy (non-hydrogen) atoms. The van der Waals surface area contributed by atoms with Crippen LogP contribution in [0.3, 0.4) is 0 Å². The first kappa shape index (κ1) is 19.8. The van der Waals surface area contributed by atoms with Crippen LogP contribution in [0.4, 0.5) is 18.9 Å². The molecule has 1 aliphatic heterocycles. The minimum absolute atomic E-state index is 0.00745. The summed E-state index contributed by atoms with van der Waals surface area (Å²) in [5.74, 6) is -1.13. The van der Waals surface area contributed by atoms with Crippen molar-refractivity contribution in [3.8, 4) is 0 Å². The molecule has 5 nitrogen and oxygen atoms in total. The Hall–Kier alpha value is -2.94. The molecule has 2 aromatic rings. The van der Waals surface area contributed by atoms with Gasteiger partial charge in [-0.25, -0.2) is 9.79 Å². The van der Waals surface area contributed by atoms with Gasteiger partial charge < -0.3 is 14.8 Å². The molecule has 0 bridgehead atoms. The number of aromatic nitrogens is 1. The molecule has 0 saturated carbocycles. The molecule has 0 aliphatic carbocycles. The summed E-state index contributed by atoms with van der Waals surface area (Å²) < 4.78 is 43.8. The van der Waals surface area contributed by atoms with Gasteiger partial charge >= 0.3 is 12.1 Å². The number of thioether (sulfide) groups is 1. The third kappa shape index (κ3) is 4.30. The van der Waals surface area contributed by atoms with E-state index in [0.717, 1.165) is 23.9 Å². The Bertz CT molecular complexity index is 977. The number of carbonyl (C=O) groups is 1. The van der Waals surface area contributed by atoms with E-state index in [4.69, 9.17) is 4.74 Å². The van der Waals surface area contributed by atoms with E-state index in [2.05, 4.69) is 9.98 Å². The second-order valence-corrected chi connectivity index (χ2v) is 6.68. The second-order valence-electron chi connectivity index (χ2n) is 5.65. The van der Waals surface area contributed by atoms with Crippen LogP contribution in [0, 0.1) is 0 Å². The standard InChI is InChI=1S/C19H15F3N2O3S/c1-2-27-18(26)15-16(25)14(10-12-7-4-8-23-12)28-17(15)24-13-6-3-5-11(9-13)19(20,21)22/h3-10,23,25H,2H2,1H3/b14-10-,24-17?. The molecule has 0 unspecified atom stereocenters. The lowest BCUT2D eigenvalue weighted by atomic mass is 10.2. The summed E-state index contributed by atoms with van der Waals surface area (Å²) in [5, 5.41) is 10.6. The van der Waals surface area contributed by atoms with Gasteiger partial charge in [-0.1, -0.05) is 17.8 Å². The molecule has 0 fully saturated rings. The highest BCUT2D eigenvalue weighted by Crippen LogP contribution is 2.40. The quantitative estimate of drug-likeness (QED) is 0.680. The van der Waals surface area contributed by atoms with Crippen molar-refractivity contribution >= 4 is 34.5 Å². The Kier molecular flexibility index (Phi) is 5.64. The molecule has 1 aromatic heterocycles. The molecule has 9 heteroatoms. The topological polar surface area (TPSA) is 74.7 Å². The normalized spacial score (nSPS) is 17.6. The molecule has 3 rings (SSSR count). The average Bonchev–Trinajstić information content (AvgIpc) is 3.24. The first-order valence-corrected chi connectivity index (χ1v) is 9.01.